The van der Waals surface area contributed by atoms with Gasteiger partial charge in [0.1, 0.15) is 11.4 Å². The van der Waals surface area contributed by atoms with Crippen LogP contribution in [0.5, 0.6) is 5.75 Å². The Bertz CT molecular complexity index is 732. The molecule has 0 saturated carbocycles. The standard InChI is InChI=1S/C17H17ClN2O4/c1-12-4-9-15(16(11-12)20(22)23)19-17(21)3-2-10-24-14-7-5-13(18)6-8-14/h4-9,11H,2-3,10H2,1H3,(H,19,21). The van der Waals surface area contributed by atoms with E-state index in [1.807, 2.05) is 0 Å². The summed E-state index contributed by atoms with van der Waals surface area (Å²) in [5, 5.41) is 14.2. The number of benzene rings is 2. The molecule has 2 aromatic rings. The molecule has 0 aliphatic carbocycles. The summed E-state index contributed by atoms with van der Waals surface area (Å²) < 4.78 is 5.49. The number of amides is 1. The largest absolute Gasteiger partial charge is 0.494 e. The van der Waals surface area contributed by atoms with E-state index >= 15 is 0 Å². The third kappa shape index (κ3) is 5.24. The first-order chi connectivity index (χ1) is 11.5. The van der Waals surface area contributed by atoms with Gasteiger partial charge in [0.05, 0.1) is 11.5 Å². The van der Waals surface area contributed by atoms with Crippen LogP contribution in [0.1, 0.15) is 18.4 Å². The number of aryl methyl sites for hydroxylation is 1. The van der Waals surface area contributed by atoms with Crippen LogP contribution < -0.4 is 10.1 Å². The molecule has 2 rings (SSSR count). The van der Waals surface area contributed by atoms with Crippen LogP contribution >= 0.6 is 11.6 Å². The average Bonchev–Trinajstić information content (AvgIpc) is 2.55. The third-order valence-electron chi connectivity index (χ3n) is 3.25. The van der Waals surface area contributed by atoms with Gasteiger partial charge in [0.15, 0.2) is 0 Å². The van der Waals surface area contributed by atoms with Crippen LogP contribution in [0.3, 0.4) is 0 Å². The summed E-state index contributed by atoms with van der Waals surface area (Å²) in [6.45, 7) is 2.12. The molecule has 0 heterocycles. The first-order valence-corrected chi connectivity index (χ1v) is 7.77. The van der Waals surface area contributed by atoms with Crippen LogP contribution in [0.2, 0.25) is 5.02 Å². The smallest absolute Gasteiger partial charge is 0.293 e. The Labute approximate surface area is 144 Å². The van der Waals surface area contributed by atoms with E-state index in [0.29, 0.717) is 23.8 Å². The second-order valence-electron chi connectivity index (χ2n) is 5.23. The Hall–Kier alpha value is -2.60. The lowest BCUT2D eigenvalue weighted by atomic mass is 10.2. The van der Waals surface area contributed by atoms with Crippen molar-refractivity contribution in [2.45, 2.75) is 19.8 Å². The van der Waals surface area contributed by atoms with E-state index in [2.05, 4.69) is 5.32 Å². The number of nitrogens with zero attached hydrogens (tertiary/aromatic N) is 1. The fraction of sp³-hybridized carbons (Fsp3) is 0.235. The Morgan fingerprint density at radius 1 is 1.25 bits per heavy atom. The lowest BCUT2D eigenvalue weighted by Gasteiger charge is -2.08. The van der Waals surface area contributed by atoms with Crippen molar-refractivity contribution < 1.29 is 14.5 Å². The van der Waals surface area contributed by atoms with Crippen LogP contribution in [0.4, 0.5) is 11.4 Å². The van der Waals surface area contributed by atoms with E-state index in [1.54, 1.807) is 37.3 Å². The molecule has 24 heavy (non-hydrogen) atoms. The van der Waals surface area contributed by atoms with Crippen molar-refractivity contribution in [2.75, 3.05) is 11.9 Å². The highest BCUT2D eigenvalue weighted by atomic mass is 35.5. The minimum atomic E-state index is -0.508. The van der Waals surface area contributed by atoms with Gasteiger partial charge in [-0.25, -0.2) is 0 Å². The Balaban J connectivity index is 1.81. The van der Waals surface area contributed by atoms with Gasteiger partial charge in [-0.2, -0.15) is 0 Å². The van der Waals surface area contributed by atoms with Crippen LogP contribution in [0, 0.1) is 17.0 Å². The number of nitro groups is 1. The maximum atomic E-state index is 11.9. The highest BCUT2D eigenvalue weighted by molar-refractivity contribution is 6.30. The summed E-state index contributed by atoms with van der Waals surface area (Å²) in [5.74, 6) is 0.385. The molecule has 1 amide bonds. The van der Waals surface area contributed by atoms with Crippen molar-refractivity contribution in [3.05, 3.63) is 63.2 Å². The molecule has 0 bridgehead atoms. The molecular weight excluding hydrogens is 332 g/mol. The number of hydrogen-bond donors (Lipinski definition) is 1. The second kappa shape index (κ2) is 8.31. The second-order valence-corrected chi connectivity index (χ2v) is 5.67. The van der Waals surface area contributed by atoms with Crippen molar-refractivity contribution in [3.63, 3.8) is 0 Å². The van der Waals surface area contributed by atoms with Crippen molar-refractivity contribution in [3.8, 4) is 5.75 Å². The normalized spacial score (nSPS) is 10.2. The molecule has 0 spiro atoms. The average molecular weight is 349 g/mol. The summed E-state index contributed by atoms with van der Waals surface area (Å²) in [6, 6.07) is 11.6. The zero-order chi connectivity index (χ0) is 17.5. The van der Waals surface area contributed by atoms with Crippen LogP contribution in [0.15, 0.2) is 42.5 Å². The van der Waals surface area contributed by atoms with Crippen molar-refractivity contribution in [1.82, 2.24) is 0 Å². The first kappa shape index (κ1) is 17.7. The molecule has 2 aromatic carbocycles. The molecule has 0 atom stereocenters. The van der Waals surface area contributed by atoms with E-state index in [-0.39, 0.29) is 23.7 Å². The Morgan fingerprint density at radius 3 is 2.62 bits per heavy atom. The van der Waals surface area contributed by atoms with E-state index in [9.17, 15) is 14.9 Å². The number of ether oxygens (including phenoxy) is 1. The van der Waals surface area contributed by atoms with Crippen molar-refractivity contribution >= 4 is 28.9 Å². The molecule has 0 aliphatic rings. The molecule has 6 nitrogen and oxygen atoms in total. The molecule has 0 saturated heterocycles. The highest BCUT2D eigenvalue weighted by Crippen LogP contribution is 2.25. The van der Waals surface area contributed by atoms with Gasteiger partial charge in [0.2, 0.25) is 5.91 Å². The number of nitrogens with one attached hydrogen (secondary N) is 1. The zero-order valence-electron chi connectivity index (χ0n) is 13.1. The number of anilines is 1. The van der Waals surface area contributed by atoms with Crippen LogP contribution in [-0.2, 0) is 4.79 Å². The van der Waals surface area contributed by atoms with Crippen molar-refractivity contribution in [1.29, 1.82) is 0 Å². The molecule has 1 N–H and O–H groups in total. The fourth-order valence-corrected chi connectivity index (χ4v) is 2.19. The van der Waals surface area contributed by atoms with E-state index in [0.717, 1.165) is 5.56 Å². The van der Waals surface area contributed by atoms with Gasteiger partial charge in [-0.1, -0.05) is 17.7 Å². The van der Waals surface area contributed by atoms with Crippen molar-refractivity contribution in [2.24, 2.45) is 0 Å². The minimum Gasteiger partial charge on any atom is -0.494 e. The molecule has 126 valence electrons. The number of rotatable bonds is 7. The molecule has 0 aromatic heterocycles. The SMILES string of the molecule is Cc1ccc(NC(=O)CCCOc2ccc(Cl)cc2)c([N+](=O)[O-])c1. The Kier molecular flexibility index (Phi) is 6.14. The summed E-state index contributed by atoms with van der Waals surface area (Å²) in [7, 11) is 0. The Morgan fingerprint density at radius 2 is 1.96 bits per heavy atom. The predicted molar refractivity (Wildman–Crippen MR) is 92.6 cm³/mol. The van der Waals surface area contributed by atoms with Gasteiger partial charge in [-0.3, -0.25) is 14.9 Å². The topological polar surface area (TPSA) is 81.5 Å². The molecule has 0 fully saturated rings. The number of nitro benzene ring substituents is 1. The molecule has 0 unspecified atom stereocenters. The lowest BCUT2D eigenvalue weighted by molar-refractivity contribution is -0.384. The van der Waals surface area contributed by atoms with Gasteiger partial charge in [0, 0.05) is 17.5 Å². The van der Waals surface area contributed by atoms with Gasteiger partial charge < -0.3 is 10.1 Å². The predicted octanol–water partition coefficient (Wildman–Crippen LogP) is 4.35. The number of carbonyl (C=O) groups excluding carboxylic acids is 1. The maximum Gasteiger partial charge on any atom is 0.293 e. The summed E-state index contributed by atoms with van der Waals surface area (Å²) in [4.78, 5) is 22.4. The third-order valence-corrected chi connectivity index (χ3v) is 3.51. The number of halogens is 1. The highest BCUT2D eigenvalue weighted by Gasteiger charge is 2.15. The first-order valence-electron chi connectivity index (χ1n) is 7.39. The summed E-state index contributed by atoms with van der Waals surface area (Å²) in [5.41, 5.74) is 0.853. The minimum absolute atomic E-state index is 0.110. The quantitative estimate of drug-likeness (QED) is 0.458. The molecular formula is C17H17ClN2O4. The lowest BCUT2D eigenvalue weighted by Crippen LogP contribution is -2.14. The number of carbonyl (C=O) groups is 1. The maximum absolute atomic E-state index is 11.9. The number of hydrogen-bond acceptors (Lipinski definition) is 4. The van der Waals surface area contributed by atoms with Crippen LogP contribution in [0.25, 0.3) is 0 Å². The molecule has 7 heteroatoms. The van der Waals surface area contributed by atoms with E-state index < -0.39 is 4.92 Å². The van der Waals surface area contributed by atoms with Gasteiger partial charge >= 0.3 is 0 Å². The summed E-state index contributed by atoms with van der Waals surface area (Å²) >= 11 is 5.78. The summed E-state index contributed by atoms with van der Waals surface area (Å²) in [6.07, 6.45) is 0.701. The fourth-order valence-electron chi connectivity index (χ4n) is 2.06. The monoisotopic (exact) mass is 348 g/mol. The van der Waals surface area contributed by atoms with E-state index in [1.165, 1.54) is 12.1 Å². The van der Waals surface area contributed by atoms with Gasteiger partial charge in [0.25, 0.3) is 5.69 Å². The van der Waals surface area contributed by atoms with Gasteiger partial charge in [-0.15, -0.1) is 0 Å². The zero-order valence-corrected chi connectivity index (χ0v) is 13.9. The van der Waals surface area contributed by atoms with Gasteiger partial charge in [-0.05, 0) is 49.2 Å². The molecule has 0 aliphatic heterocycles. The van der Waals surface area contributed by atoms with E-state index in [4.69, 9.17) is 16.3 Å². The van der Waals surface area contributed by atoms with Crippen LogP contribution in [-0.4, -0.2) is 17.4 Å². The molecule has 0 radical (unpaired) electrons.